The van der Waals surface area contributed by atoms with Gasteiger partial charge in [-0.2, -0.15) is 5.26 Å². The van der Waals surface area contributed by atoms with Crippen molar-refractivity contribution in [1.29, 1.82) is 5.26 Å². The lowest BCUT2D eigenvalue weighted by atomic mass is 9.99. The van der Waals surface area contributed by atoms with Crippen LogP contribution in [0.15, 0.2) is 22.7 Å². The summed E-state index contributed by atoms with van der Waals surface area (Å²) >= 11 is 3.09. The maximum atomic E-state index is 13.4. The van der Waals surface area contributed by atoms with Crippen molar-refractivity contribution in [2.75, 3.05) is 13.1 Å². The Kier molecular flexibility index (Phi) is 3.97. The van der Waals surface area contributed by atoms with Crippen LogP contribution >= 0.6 is 15.9 Å². The zero-order chi connectivity index (χ0) is 13.1. The molecule has 2 rings (SSSR count). The maximum absolute atomic E-state index is 13.4. The van der Waals surface area contributed by atoms with Gasteiger partial charge >= 0.3 is 0 Å². The van der Waals surface area contributed by atoms with Gasteiger partial charge in [-0.3, -0.25) is 4.79 Å². The second-order valence-corrected chi connectivity index (χ2v) is 5.11. The van der Waals surface area contributed by atoms with Gasteiger partial charge in [0.25, 0.3) is 5.91 Å². The largest absolute Gasteiger partial charge is 0.337 e. The van der Waals surface area contributed by atoms with Crippen molar-refractivity contribution in [3.63, 3.8) is 0 Å². The smallest absolute Gasteiger partial charge is 0.255 e. The van der Waals surface area contributed by atoms with Crippen molar-refractivity contribution in [3.8, 4) is 6.07 Å². The first kappa shape index (κ1) is 13.0. The van der Waals surface area contributed by atoms with E-state index in [2.05, 4.69) is 22.0 Å². The molecule has 18 heavy (non-hydrogen) atoms. The van der Waals surface area contributed by atoms with Crippen molar-refractivity contribution < 1.29 is 9.18 Å². The minimum Gasteiger partial charge on any atom is -0.337 e. The molecule has 1 amide bonds. The molecule has 94 valence electrons. The fraction of sp³-hybridized carbons (Fsp3) is 0.385. The SMILES string of the molecule is N#CC1CCCN(C(=O)c2cccc(F)c2Br)C1. The third kappa shape index (κ3) is 2.54. The van der Waals surface area contributed by atoms with E-state index in [9.17, 15) is 9.18 Å². The molecule has 1 aromatic rings. The van der Waals surface area contributed by atoms with E-state index >= 15 is 0 Å². The van der Waals surface area contributed by atoms with E-state index in [1.54, 1.807) is 11.0 Å². The summed E-state index contributed by atoms with van der Waals surface area (Å²) in [5.74, 6) is -0.786. The normalized spacial score (nSPS) is 19.4. The summed E-state index contributed by atoms with van der Waals surface area (Å²) in [5.41, 5.74) is 0.314. The first-order chi connectivity index (χ1) is 8.63. The van der Waals surface area contributed by atoms with Crippen molar-refractivity contribution in [3.05, 3.63) is 34.1 Å². The molecule has 1 aliphatic heterocycles. The summed E-state index contributed by atoms with van der Waals surface area (Å²) < 4.78 is 13.6. The number of hydrogen-bond acceptors (Lipinski definition) is 2. The Morgan fingerprint density at radius 2 is 2.33 bits per heavy atom. The molecule has 0 radical (unpaired) electrons. The van der Waals surface area contributed by atoms with Crippen LogP contribution in [-0.2, 0) is 0 Å². The van der Waals surface area contributed by atoms with Crippen LogP contribution in [-0.4, -0.2) is 23.9 Å². The molecular weight excluding hydrogens is 299 g/mol. The van der Waals surface area contributed by atoms with Crippen LogP contribution in [0.2, 0.25) is 0 Å². The van der Waals surface area contributed by atoms with Crippen LogP contribution in [0.5, 0.6) is 0 Å². The Bertz CT molecular complexity index is 512. The van der Waals surface area contributed by atoms with E-state index in [1.807, 2.05) is 0 Å². The van der Waals surface area contributed by atoms with Gasteiger partial charge in [-0.1, -0.05) is 6.07 Å². The lowest BCUT2D eigenvalue weighted by Crippen LogP contribution is -2.39. The highest BCUT2D eigenvalue weighted by atomic mass is 79.9. The predicted molar refractivity (Wildman–Crippen MR) is 68.3 cm³/mol. The maximum Gasteiger partial charge on any atom is 0.255 e. The highest BCUT2D eigenvalue weighted by Gasteiger charge is 2.25. The highest BCUT2D eigenvalue weighted by Crippen LogP contribution is 2.24. The second kappa shape index (κ2) is 5.49. The lowest BCUT2D eigenvalue weighted by Gasteiger charge is -2.29. The molecule has 0 bridgehead atoms. The van der Waals surface area contributed by atoms with Gasteiger partial charge in [0.15, 0.2) is 0 Å². The number of rotatable bonds is 1. The van der Waals surface area contributed by atoms with Crippen LogP contribution in [0.3, 0.4) is 0 Å². The number of nitrogens with zero attached hydrogens (tertiary/aromatic N) is 2. The van der Waals surface area contributed by atoms with Crippen molar-refractivity contribution in [2.24, 2.45) is 5.92 Å². The van der Waals surface area contributed by atoms with Crippen molar-refractivity contribution in [2.45, 2.75) is 12.8 Å². The molecule has 0 aromatic heterocycles. The summed E-state index contributed by atoms with van der Waals surface area (Å²) in [6.07, 6.45) is 1.64. The molecule has 1 aliphatic rings. The molecule has 0 spiro atoms. The topological polar surface area (TPSA) is 44.1 Å². The lowest BCUT2D eigenvalue weighted by molar-refractivity contribution is 0.0697. The number of hydrogen-bond donors (Lipinski definition) is 0. The van der Waals surface area contributed by atoms with Gasteiger partial charge in [0, 0.05) is 13.1 Å². The molecule has 5 heteroatoms. The molecule has 0 saturated carbocycles. The number of carbonyl (C=O) groups excluding carboxylic acids is 1. The van der Waals surface area contributed by atoms with Gasteiger partial charge in [-0.15, -0.1) is 0 Å². The van der Waals surface area contributed by atoms with Gasteiger partial charge in [-0.25, -0.2) is 4.39 Å². The fourth-order valence-electron chi connectivity index (χ4n) is 2.11. The van der Waals surface area contributed by atoms with Crippen LogP contribution in [0.4, 0.5) is 4.39 Å². The number of benzene rings is 1. The summed E-state index contributed by atoms with van der Waals surface area (Å²) in [6, 6.07) is 6.59. The van der Waals surface area contributed by atoms with Crippen molar-refractivity contribution >= 4 is 21.8 Å². The Hall–Kier alpha value is -1.41. The van der Waals surface area contributed by atoms with Gasteiger partial charge in [-0.05, 0) is 40.9 Å². The van der Waals surface area contributed by atoms with E-state index in [-0.39, 0.29) is 16.3 Å². The third-order valence-electron chi connectivity index (χ3n) is 3.07. The number of amides is 1. The summed E-state index contributed by atoms with van der Waals surface area (Å²) in [5, 5.41) is 8.90. The minimum absolute atomic E-state index is 0.116. The van der Waals surface area contributed by atoms with Gasteiger partial charge in [0.05, 0.1) is 22.0 Å². The molecule has 0 N–H and O–H groups in total. The van der Waals surface area contributed by atoms with Gasteiger partial charge < -0.3 is 4.90 Å². The Morgan fingerprint density at radius 3 is 3.06 bits per heavy atom. The summed E-state index contributed by atoms with van der Waals surface area (Å²) in [6.45, 7) is 1.05. The first-order valence-corrected chi connectivity index (χ1v) is 6.55. The van der Waals surface area contributed by atoms with E-state index in [0.29, 0.717) is 18.7 Å². The molecular formula is C13H12BrFN2O. The standard InChI is InChI=1S/C13H12BrFN2O/c14-12-10(4-1-5-11(12)15)13(18)17-6-2-3-9(7-16)8-17/h1,4-5,9H,2-3,6,8H2. The van der Waals surface area contributed by atoms with E-state index in [4.69, 9.17) is 5.26 Å². The van der Waals surface area contributed by atoms with E-state index in [1.165, 1.54) is 12.1 Å². The van der Waals surface area contributed by atoms with Gasteiger partial charge in [0.1, 0.15) is 5.82 Å². The minimum atomic E-state index is -0.449. The number of piperidine rings is 1. The number of nitriles is 1. The second-order valence-electron chi connectivity index (χ2n) is 4.32. The highest BCUT2D eigenvalue weighted by molar-refractivity contribution is 9.10. The van der Waals surface area contributed by atoms with Gasteiger partial charge in [0.2, 0.25) is 0 Å². The summed E-state index contributed by atoms with van der Waals surface area (Å²) in [4.78, 5) is 13.9. The van der Waals surface area contributed by atoms with Crippen LogP contribution in [0, 0.1) is 23.1 Å². The molecule has 1 heterocycles. The number of halogens is 2. The number of likely N-dealkylation sites (tertiary alicyclic amines) is 1. The molecule has 1 unspecified atom stereocenters. The zero-order valence-electron chi connectivity index (χ0n) is 9.70. The van der Waals surface area contributed by atoms with Crippen LogP contribution in [0.25, 0.3) is 0 Å². The van der Waals surface area contributed by atoms with Crippen molar-refractivity contribution in [1.82, 2.24) is 4.90 Å². The number of carbonyl (C=O) groups is 1. The third-order valence-corrected chi connectivity index (χ3v) is 3.88. The molecule has 1 atom stereocenters. The Balaban J connectivity index is 2.21. The molecule has 1 saturated heterocycles. The monoisotopic (exact) mass is 310 g/mol. The Labute approximate surface area is 113 Å². The first-order valence-electron chi connectivity index (χ1n) is 5.76. The quantitative estimate of drug-likeness (QED) is 0.800. The van der Waals surface area contributed by atoms with Crippen LogP contribution < -0.4 is 0 Å². The zero-order valence-corrected chi connectivity index (χ0v) is 11.3. The average molecular weight is 311 g/mol. The van der Waals surface area contributed by atoms with E-state index < -0.39 is 5.82 Å². The fourth-order valence-corrected chi connectivity index (χ4v) is 2.54. The molecule has 1 fully saturated rings. The Morgan fingerprint density at radius 1 is 1.56 bits per heavy atom. The van der Waals surface area contributed by atoms with E-state index in [0.717, 1.165) is 12.8 Å². The van der Waals surface area contributed by atoms with Crippen LogP contribution in [0.1, 0.15) is 23.2 Å². The molecule has 1 aromatic carbocycles. The summed E-state index contributed by atoms with van der Waals surface area (Å²) in [7, 11) is 0. The molecule has 3 nitrogen and oxygen atoms in total. The average Bonchev–Trinajstić information content (AvgIpc) is 2.41. The molecule has 0 aliphatic carbocycles. The predicted octanol–water partition coefficient (Wildman–Crippen LogP) is 2.96.